The zero-order chi connectivity index (χ0) is 23.7. The van der Waals surface area contributed by atoms with Gasteiger partial charge in [-0.1, -0.05) is 23.9 Å². The molecule has 0 saturated heterocycles. The van der Waals surface area contributed by atoms with Gasteiger partial charge in [-0.05, 0) is 44.2 Å². The minimum absolute atomic E-state index is 0.0245. The van der Waals surface area contributed by atoms with Crippen LogP contribution in [0.1, 0.15) is 12.6 Å². The van der Waals surface area contributed by atoms with Crippen LogP contribution in [0.25, 0.3) is 10.9 Å². The molecule has 1 aromatic heterocycles. The average molecular weight is 497 g/mol. The molecular weight excluding hydrogens is 472 g/mol. The van der Waals surface area contributed by atoms with Gasteiger partial charge in [-0.25, -0.2) is 16.8 Å². The van der Waals surface area contributed by atoms with Gasteiger partial charge < -0.3 is 9.30 Å². The summed E-state index contributed by atoms with van der Waals surface area (Å²) in [5.74, 6) is -0.404. The second kappa shape index (κ2) is 9.16. The van der Waals surface area contributed by atoms with Crippen molar-refractivity contribution in [1.82, 2.24) is 4.57 Å². The van der Waals surface area contributed by atoms with E-state index >= 15 is 0 Å². The highest BCUT2D eigenvalue weighted by atomic mass is 32.2. The first-order valence-corrected chi connectivity index (χ1v) is 14.2. The molecule has 0 spiro atoms. The number of carbonyl (C=O) groups is 1. The molecule has 0 bridgehead atoms. The molecule has 0 radical (unpaired) electrons. The number of sulfone groups is 1. The van der Waals surface area contributed by atoms with Crippen molar-refractivity contribution in [3.63, 3.8) is 0 Å². The predicted octanol–water partition coefficient (Wildman–Crippen LogP) is 3.44. The van der Waals surface area contributed by atoms with Crippen molar-refractivity contribution in [2.45, 2.75) is 35.1 Å². The molecule has 172 valence electrons. The normalized spacial score (nSPS) is 12.1. The lowest BCUT2D eigenvalue weighted by atomic mass is 10.2. The number of nitrogens with one attached hydrogen (secondary N) is 1. The summed E-state index contributed by atoms with van der Waals surface area (Å²) >= 11 is 1.26. The van der Waals surface area contributed by atoms with Crippen LogP contribution in [0.2, 0.25) is 0 Å². The molecule has 2 aromatic carbocycles. The molecule has 0 saturated carbocycles. The maximum Gasteiger partial charge on any atom is 0.325 e. The number of ether oxygens (including phenoxy) is 1. The molecule has 0 unspecified atom stereocenters. The summed E-state index contributed by atoms with van der Waals surface area (Å²) in [6.45, 7) is 3.78. The summed E-state index contributed by atoms with van der Waals surface area (Å²) < 4.78 is 57.3. The molecule has 32 heavy (non-hydrogen) atoms. The fourth-order valence-corrected chi connectivity index (χ4v) is 6.31. The van der Waals surface area contributed by atoms with E-state index in [4.69, 9.17) is 4.74 Å². The number of hydrogen-bond donors (Lipinski definition) is 1. The van der Waals surface area contributed by atoms with E-state index in [1.165, 1.54) is 11.8 Å². The molecule has 0 aliphatic heterocycles. The van der Waals surface area contributed by atoms with E-state index in [2.05, 4.69) is 4.72 Å². The van der Waals surface area contributed by atoms with Gasteiger partial charge in [-0.15, -0.1) is 0 Å². The number of aromatic nitrogens is 1. The Balaban J connectivity index is 2.20. The molecular formula is C21H24N2O6S3. The highest BCUT2D eigenvalue weighted by molar-refractivity contribution is 8.00. The van der Waals surface area contributed by atoms with Crippen molar-refractivity contribution in [3.8, 4) is 0 Å². The van der Waals surface area contributed by atoms with Crippen LogP contribution in [0.15, 0.2) is 57.2 Å². The molecule has 0 atom stereocenters. The number of carbonyl (C=O) groups excluding carboxylic acids is 1. The van der Waals surface area contributed by atoms with Crippen molar-refractivity contribution in [3.05, 3.63) is 48.2 Å². The first-order valence-electron chi connectivity index (χ1n) is 9.64. The third-order valence-electron chi connectivity index (χ3n) is 4.62. The fourth-order valence-electron chi connectivity index (χ4n) is 3.35. The van der Waals surface area contributed by atoms with Crippen molar-refractivity contribution >= 4 is 54.2 Å². The van der Waals surface area contributed by atoms with Gasteiger partial charge in [0.2, 0.25) is 10.0 Å². The van der Waals surface area contributed by atoms with E-state index < -0.39 is 25.8 Å². The van der Waals surface area contributed by atoms with Gasteiger partial charge in [0.25, 0.3) is 0 Å². The van der Waals surface area contributed by atoms with Crippen LogP contribution in [0.3, 0.4) is 0 Å². The number of fused-ring (bicyclic) bond motifs is 1. The summed E-state index contributed by atoms with van der Waals surface area (Å²) in [7, 11) is -6.96. The Kier molecular flexibility index (Phi) is 6.91. The van der Waals surface area contributed by atoms with Gasteiger partial charge in [0.1, 0.15) is 6.54 Å². The van der Waals surface area contributed by atoms with Crippen LogP contribution < -0.4 is 4.72 Å². The molecule has 11 heteroatoms. The van der Waals surface area contributed by atoms with Gasteiger partial charge in [-0.3, -0.25) is 9.52 Å². The minimum atomic E-state index is -3.49. The Morgan fingerprint density at radius 2 is 1.78 bits per heavy atom. The molecule has 8 nitrogen and oxygen atoms in total. The van der Waals surface area contributed by atoms with E-state index in [1.807, 2.05) is 6.92 Å². The zero-order valence-electron chi connectivity index (χ0n) is 18.1. The van der Waals surface area contributed by atoms with E-state index in [-0.39, 0.29) is 18.0 Å². The number of esters is 1. The number of hydrogen-bond acceptors (Lipinski definition) is 7. The average Bonchev–Trinajstić information content (AvgIpc) is 2.92. The molecule has 1 N–H and O–H groups in total. The standard InChI is InChI=1S/C21H24N2O6S3/c1-5-29-20(24)13-23-14(2)21(30-18-8-6-7-9-19(18)31(3,25)26)16-12-15(10-11-17(16)23)22-32(4,27)28/h6-12,22H,5,13H2,1-4H3. The SMILES string of the molecule is CCOC(=O)Cn1c(C)c(Sc2ccccc2S(C)(=O)=O)c2cc(NS(C)(=O)=O)ccc21. The summed E-state index contributed by atoms with van der Waals surface area (Å²) in [6.07, 6.45) is 2.21. The Morgan fingerprint density at radius 3 is 2.41 bits per heavy atom. The van der Waals surface area contributed by atoms with Gasteiger partial charge in [-0.2, -0.15) is 0 Å². The van der Waals surface area contributed by atoms with Crippen LogP contribution in [0.4, 0.5) is 5.69 Å². The first kappa shape index (κ1) is 24.1. The largest absolute Gasteiger partial charge is 0.465 e. The van der Waals surface area contributed by atoms with Gasteiger partial charge in [0, 0.05) is 32.8 Å². The van der Waals surface area contributed by atoms with Gasteiger partial charge in [0.05, 0.1) is 23.3 Å². The number of nitrogens with zero attached hydrogens (tertiary/aromatic N) is 1. The summed E-state index contributed by atoms with van der Waals surface area (Å²) in [4.78, 5) is 13.6. The lowest BCUT2D eigenvalue weighted by Gasteiger charge is -2.09. The highest BCUT2D eigenvalue weighted by Crippen LogP contribution is 2.41. The first-order chi connectivity index (χ1) is 14.9. The maximum atomic E-state index is 12.3. The second-order valence-electron chi connectivity index (χ2n) is 7.23. The molecule has 0 aliphatic carbocycles. The third kappa shape index (κ3) is 5.45. The molecule has 3 aromatic rings. The number of anilines is 1. The monoisotopic (exact) mass is 496 g/mol. The van der Waals surface area contributed by atoms with E-state index in [9.17, 15) is 21.6 Å². The third-order valence-corrected chi connectivity index (χ3v) is 7.81. The Hall–Kier alpha value is -2.50. The van der Waals surface area contributed by atoms with E-state index in [0.29, 0.717) is 21.5 Å². The molecule has 0 fully saturated rings. The van der Waals surface area contributed by atoms with Crippen molar-refractivity contribution in [1.29, 1.82) is 0 Å². The van der Waals surface area contributed by atoms with Crippen LogP contribution in [-0.2, 0) is 35.9 Å². The topological polar surface area (TPSA) is 112 Å². The quantitative estimate of drug-likeness (QED) is 0.476. The number of sulfonamides is 1. The van der Waals surface area contributed by atoms with E-state index in [0.717, 1.165) is 23.1 Å². The second-order valence-corrected chi connectivity index (χ2v) is 12.0. The molecule has 3 rings (SSSR count). The smallest absolute Gasteiger partial charge is 0.325 e. The Labute approximate surface area is 191 Å². The highest BCUT2D eigenvalue weighted by Gasteiger charge is 2.21. The molecule has 0 aliphatic rings. The minimum Gasteiger partial charge on any atom is -0.465 e. The summed E-state index contributed by atoms with van der Waals surface area (Å²) in [5, 5.41) is 0.689. The Morgan fingerprint density at radius 1 is 1.09 bits per heavy atom. The van der Waals surface area contributed by atoms with E-state index in [1.54, 1.807) is 54.0 Å². The van der Waals surface area contributed by atoms with Crippen LogP contribution in [-0.4, -0.2) is 46.5 Å². The summed E-state index contributed by atoms with van der Waals surface area (Å²) in [5.41, 5.74) is 1.80. The van der Waals surface area contributed by atoms with Gasteiger partial charge in [0.15, 0.2) is 9.84 Å². The fraction of sp³-hybridized carbons (Fsp3) is 0.286. The number of rotatable bonds is 8. The zero-order valence-corrected chi connectivity index (χ0v) is 20.5. The van der Waals surface area contributed by atoms with Crippen molar-refractivity contribution in [2.75, 3.05) is 23.8 Å². The van der Waals surface area contributed by atoms with Crippen molar-refractivity contribution in [2.24, 2.45) is 0 Å². The van der Waals surface area contributed by atoms with Crippen LogP contribution in [0, 0.1) is 6.92 Å². The van der Waals surface area contributed by atoms with Crippen molar-refractivity contribution < 1.29 is 26.4 Å². The lowest BCUT2D eigenvalue weighted by Crippen LogP contribution is -2.14. The maximum absolute atomic E-state index is 12.3. The van der Waals surface area contributed by atoms with Gasteiger partial charge >= 0.3 is 5.97 Å². The Bertz CT molecular complexity index is 1390. The van der Waals surface area contributed by atoms with Crippen LogP contribution >= 0.6 is 11.8 Å². The van der Waals surface area contributed by atoms with Crippen LogP contribution in [0.5, 0.6) is 0 Å². The summed E-state index contributed by atoms with van der Waals surface area (Å²) in [6, 6.07) is 11.7. The molecule has 1 heterocycles. The number of benzene rings is 2. The predicted molar refractivity (Wildman–Crippen MR) is 125 cm³/mol. The molecule has 0 amide bonds. The lowest BCUT2D eigenvalue weighted by molar-refractivity contribution is -0.143.